The number of anilines is 1. The van der Waals surface area contributed by atoms with E-state index in [1.165, 1.54) is 0 Å². The Kier molecular flexibility index (Phi) is 6.02. The second kappa shape index (κ2) is 7.53. The van der Waals surface area contributed by atoms with E-state index in [0.717, 1.165) is 6.42 Å². The highest BCUT2D eigenvalue weighted by Crippen LogP contribution is 2.09. The SMILES string of the molecule is CCC(C)NCC(=O)Nc1ccc(CC(=O)O)cc1. The van der Waals surface area contributed by atoms with E-state index in [-0.39, 0.29) is 18.9 Å². The topological polar surface area (TPSA) is 78.4 Å². The molecule has 0 spiro atoms. The van der Waals surface area contributed by atoms with Gasteiger partial charge in [-0.3, -0.25) is 9.59 Å². The molecular formula is C14H20N2O3. The molecule has 1 atom stereocenters. The molecule has 5 heteroatoms. The normalized spacial score (nSPS) is 11.9. The molecule has 0 aromatic heterocycles. The van der Waals surface area contributed by atoms with Crippen LogP contribution in [-0.2, 0) is 16.0 Å². The molecule has 1 aromatic carbocycles. The van der Waals surface area contributed by atoms with Gasteiger partial charge in [0.1, 0.15) is 0 Å². The predicted octanol–water partition coefficient (Wildman–Crippen LogP) is 1.64. The maximum absolute atomic E-state index is 11.6. The lowest BCUT2D eigenvalue weighted by atomic mass is 10.1. The summed E-state index contributed by atoms with van der Waals surface area (Å²) < 4.78 is 0. The molecule has 1 unspecified atom stereocenters. The molecule has 0 saturated carbocycles. The van der Waals surface area contributed by atoms with E-state index >= 15 is 0 Å². The van der Waals surface area contributed by atoms with Gasteiger partial charge in [-0.1, -0.05) is 19.1 Å². The van der Waals surface area contributed by atoms with Crippen molar-refractivity contribution in [3.05, 3.63) is 29.8 Å². The van der Waals surface area contributed by atoms with E-state index in [0.29, 0.717) is 17.3 Å². The van der Waals surface area contributed by atoms with Gasteiger partial charge < -0.3 is 15.7 Å². The fraction of sp³-hybridized carbons (Fsp3) is 0.429. The van der Waals surface area contributed by atoms with Crippen molar-refractivity contribution in [2.24, 2.45) is 0 Å². The Bertz CT molecular complexity index is 429. The fourth-order valence-corrected chi connectivity index (χ4v) is 1.50. The molecule has 0 aliphatic heterocycles. The van der Waals surface area contributed by atoms with Crippen molar-refractivity contribution < 1.29 is 14.7 Å². The number of nitrogens with one attached hydrogen (secondary N) is 2. The molecule has 0 radical (unpaired) electrons. The van der Waals surface area contributed by atoms with Crippen LogP contribution in [0.1, 0.15) is 25.8 Å². The van der Waals surface area contributed by atoms with Gasteiger partial charge in [0, 0.05) is 11.7 Å². The Morgan fingerprint density at radius 1 is 1.26 bits per heavy atom. The Morgan fingerprint density at radius 2 is 1.89 bits per heavy atom. The Balaban J connectivity index is 2.44. The predicted molar refractivity (Wildman–Crippen MR) is 74.2 cm³/mol. The summed E-state index contributed by atoms with van der Waals surface area (Å²) >= 11 is 0. The number of aliphatic carboxylic acids is 1. The fourth-order valence-electron chi connectivity index (χ4n) is 1.50. The smallest absolute Gasteiger partial charge is 0.307 e. The summed E-state index contributed by atoms with van der Waals surface area (Å²) in [5.74, 6) is -0.971. The average molecular weight is 264 g/mol. The number of benzene rings is 1. The van der Waals surface area contributed by atoms with Crippen LogP contribution in [0.2, 0.25) is 0 Å². The molecule has 1 amide bonds. The summed E-state index contributed by atoms with van der Waals surface area (Å²) in [4.78, 5) is 22.2. The van der Waals surface area contributed by atoms with Crippen molar-refractivity contribution >= 4 is 17.6 Å². The van der Waals surface area contributed by atoms with Gasteiger partial charge in [0.05, 0.1) is 13.0 Å². The van der Waals surface area contributed by atoms with Crippen LogP contribution in [-0.4, -0.2) is 29.6 Å². The first-order valence-electron chi connectivity index (χ1n) is 6.35. The zero-order chi connectivity index (χ0) is 14.3. The maximum atomic E-state index is 11.6. The summed E-state index contributed by atoms with van der Waals surface area (Å²) in [6, 6.07) is 7.12. The summed E-state index contributed by atoms with van der Waals surface area (Å²) in [7, 11) is 0. The van der Waals surface area contributed by atoms with Gasteiger partial charge in [-0.25, -0.2) is 0 Å². The Labute approximate surface area is 113 Å². The third-order valence-electron chi connectivity index (χ3n) is 2.82. The zero-order valence-corrected chi connectivity index (χ0v) is 11.3. The monoisotopic (exact) mass is 264 g/mol. The van der Waals surface area contributed by atoms with Crippen LogP contribution in [0.5, 0.6) is 0 Å². The van der Waals surface area contributed by atoms with Gasteiger partial charge in [-0.2, -0.15) is 0 Å². The van der Waals surface area contributed by atoms with Crippen molar-refractivity contribution in [1.29, 1.82) is 0 Å². The number of carboxylic acids is 1. The number of carbonyl (C=O) groups is 2. The summed E-state index contributed by atoms with van der Waals surface area (Å²) in [6.07, 6.45) is 0.959. The van der Waals surface area contributed by atoms with Crippen LogP contribution in [0.3, 0.4) is 0 Å². The van der Waals surface area contributed by atoms with Gasteiger partial charge in [0.15, 0.2) is 0 Å². The molecule has 0 fully saturated rings. The van der Waals surface area contributed by atoms with E-state index in [1.54, 1.807) is 24.3 Å². The summed E-state index contributed by atoms with van der Waals surface area (Å²) in [5, 5.41) is 14.5. The average Bonchev–Trinajstić information content (AvgIpc) is 2.37. The lowest BCUT2D eigenvalue weighted by molar-refractivity contribution is -0.136. The van der Waals surface area contributed by atoms with E-state index in [4.69, 9.17) is 5.11 Å². The second-order valence-electron chi connectivity index (χ2n) is 4.51. The number of rotatable bonds is 7. The zero-order valence-electron chi connectivity index (χ0n) is 11.3. The third kappa shape index (κ3) is 6.01. The van der Waals surface area contributed by atoms with Crippen molar-refractivity contribution in [3.63, 3.8) is 0 Å². The Hall–Kier alpha value is -1.88. The molecular weight excluding hydrogens is 244 g/mol. The van der Waals surface area contributed by atoms with Crippen LogP contribution in [0.15, 0.2) is 24.3 Å². The first-order chi connectivity index (χ1) is 9.01. The number of carbonyl (C=O) groups excluding carboxylic acids is 1. The molecule has 3 N–H and O–H groups in total. The molecule has 104 valence electrons. The first-order valence-corrected chi connectivity index (χ1v) is 6.35. The minimum absolute atomic E-state index is 0.0101. The summed E-state index contributed by atoms with van der Waals surface area (Å²) in [6.45, 7) is 4.34. The molecule has 0 aliphatic rings. The minimum Gasteiger partial charge on any atom is -0.481 e. The number of hydrogen-bond acceptors (Lipinski definition) is 3. The van der Waals surface area contributed by atoms with Crippen molar-refractivity contribution in [3.8, 4) is 0 Å². The first kappa shape index (κ1) is 15.2. The van der Waals surface area contributed by atoms with Gasteiger partial charge >= 0.3 is 5.97 Å². The lowest BCUT2D eigenvalue weighted by Crippen LogP contribution is -2.33. The highest BCUT2D eigenvalue weighted by molar-refractivity contribution is 5.92. The molecule has 0 saturated heterocycles. The van der Waals surface area contributed by atoms with E-state index < -0.39 is 5.97 Å². The second-order valence-corrected chi connectivity index (χ2v) is 4.51. The van der Waals surface area contributed by atoms with Crippen LogP contribution in [0.25, 0.3) is 0 Å². The van der Waals surface area contributed by atoms with E-state index in [2.05, 4.69) is 17.6 Å². The van der Waals surface area contributed by atoms with Crippen LogP contribution >= 0.6 is 0 Å². The van der Waals surface area contributed by atoms with Crippen molar-refractivity contribution in [2.45, 2.75) is 32.7 Å². The van der Waals surface area contributed by atoms with Crippen molar-refractivity contribution in [1.82, 2.24) is 5.32 Å². The molecule has 5 nitrogen and oxygen atoms in total. The van der Waals surface area contributed by atoms with Gasteiger partial charge in [0.2, 0.25) is 5.91 Å². The molecule has 0 aliphatic carbocycles. The van der Waals surface area contributed by atoms with Crippen LogP contribution in [0.4, 0.5) is 5.69 Å². The maximum Gasteiger partial charge on any atom is 0.307 e. The van der Waals surface area contributed by atoms with Gasteiger partial charge in [-0.15, -0.1) is 0 Å². The number of carboxylic acid groups (broad SMARTS) is 1. The molecule has 19 heavy (non-hydrogen) atoms. The molecule has 0 bridgehead atoms. The molecule has 1 aromatic rings. The lowest BCUT2D eigenvalue weighted by Gasteiger charge is -2.11. The largest absolute Gasteiger partial charge is 0.481 e. The number of hydrogen-bond donors (Lipinski definition) is 3. The van der Waals surface area contributed by atoms with E-state index in [9.17, 15) is 9.59 Å². The van der Waals surface area contributed by atoms with E-state index in [1.807, 2.05) is 6.92 Å². The highest BCUT2D eigenvalue weighted by atomic mass is 16.4. The molecule has 1 rings (SSSR count). The molecule has 0 heterocycles. The standard InChI is InChI=1S/C14H20N2O3/c1-3-10(2)15-9-13(17)16-12-6-4-11(5-7-12)8-14(18)19/h4-7,10,15H,3,8-9H2,1-2H3,(H,16,17)(H,18,19). The third-order valence-corrected chi connectivity index (χ3v) is 2.82. The van der Waals surface area contributed by atoms with Gasteiger partial charge in [0.25, 0.3) is 0 Å². The Morgan fingerprint density at radius 3 is 2.42 bits per heavy atom. The van der Waals surface area contributed by atoms with Crippen LogP contribution in [0, 0.1) is 0 Å². The minimum atomic E-state index is -0.866. The highest BCUT2D eigenvalue weighted by Gasteiger charge is 2.05. The van der Waals surface area contributed by atoms with Crippen molar-refractivity contribution in [2.75, 3.05) is 11.9 Å². The number of amides is 1. The quantitative estimate of drug-likeness (QED) is 0.699. The summed E-state index contributed by atoms with van der Waals surface area (Å²) in [5.41, 5.74) is 1.38. The van der Waals surface area contributed by atoms with Crippen LogP contribution < -0.4 is 10.6 Å². The van der Waals surface area contributed by atoms with Gasteiger partial charge in [-0.05, 0) is 31.0 Å².